The third-order valence-electron chi connectivity index (χ3n) is 4.02. The maximum absolute atomic E-state index is 12.4. The van der Waals surface area contributed by atoms with Gasteiger partial charge in [0, 0.05) is 13.1 Å². The molecule has 1 aliphatic rings. The quantitative estimate of drug-likeness (QED) is 0.840. The number of amides is 1. The van der Waals surface area contributed by atoms with Gasteiger partial charge in [0.15, 0.2) is 0 Å². The van der Waals surface area contributed by atoms with Gasteiger partial charge in [-0.25, -0.2) is 0 Å². The van der Waals surface area contributed by atoms with Crippen LogP contribution in [0.3, 0.4) is 0 Å². The number of carbonyl (C=O) groups excluding carboxylic acids is 1. The second-order valence-electron chi connectivity index (χ2n) is 5.66. The molecule has 1 amide bonds. The summed E-state index contributed by atoms with van der Waals surface area (Å²) in [6, 6.07) is 11.7. The number of piperidine rings is 1. The Bertz CT molecular complexity index is 641. The zero-order valence-corrected chi connectivity index (χ0v) is 14.1. The van der Waals surface area contributed by atoms with Gasteiger partial charge in [-0.15, -0.1) is 11.3 Å². The average Bonchev–Trinajstić information content (AvgIpc) is 3.14. The Morgan fingerprint density at radius 3 is 3.04 bits per heavy atom. The molecule has 1 aliphatic heterocycles. The predicted molar refractivity (Wildman–Crippen MR) is 91.0 cm³/mol. The number of thiophene rings is 1. The van der Waals surface area contributed by atoms with E-state index in [1.807, 2.05) is 46.7 Å². The van der Waals surface area contributed by atoms with Crippen LogP contribution in [0.4, 0.5) is 0 Å². The van der Waals surface area contributed by atoms with Crippen LogP contribution in [-0.2, 0) is 11.3 Å². The van der Waals surface area contributed by atoms with Crippen molar-refractivity contribution in [2.75, 3.05) is 20.2 Å². The first-order valence-corrected chi connectivity index (χ1v) is 8.71. The van der Waals surface area contributed by atoms with Gasteiger partial charge in [-0.3, -0.25) is 4.79 Å². The van der Waals surface area contributed by atoms with E-state index in [0.717, 1.165) is 35.6 Å². The van der Waals surface area contributed by atoms with Crippen LogP contribution in [0.5, 0.6) is 5.75 Å². The van der Waals surface area contributed by atoms with Crippen LogP contribution in [0.2, 0.25) is 0 Å². The molecule has 0 saturated carbocycles. The minimum Gasteiger partial charge on any atom is -0.497 e. The lowest BCUT2D eigenvalue weighted by molar-refractivity contribution is -0.00663. The molecule has 0 radical (unpaired) electrons. The van der Waals surface area contributed by atoms with Crippen LogP contribution in [0, 0.1) is 0 Å². The summed E-state index contributed by atoms with van der Waals surface area (Å²) in [5, 5.41) is 1.94. The molecule has 1 saturated heterocycles. The molecule has 3 rings (SSSR count). The standard InChI is InChI=1S/C18H21NO3S/c1-21-15-6-2-5-14(11-15)13-22-16-7-3-9-19(12-16)18(20)17-8-4-10-23-17/h2,4-6,8,10-11,16H,3,7,9,12-13H2,1H3/t16-/m0/s1. The second kappa shape index (κ2) is 7.62. The summed E-state index contributed by atoms with van der Waals surface area (Å²) in [5.41, 5.74) is 1.09. The number of likely N-dealkylation sites (tertiary alicyclic amines) is 1. The second-order valence-corrected chi connectivity index (χ2v) is 6.60. The Kier molecular flexibility index (Phi) is 5.31. The summed E-state index contributed by atoms with van der Waals surface area (Å²) in [5.74, 6) is 0.957. The maximum atomic E-state index is 12.4. The molecule has 1 atom stereocenters. The van der Waals surface area contributed by atoms with Crippen molar-refractivity contribution in [2.24, 2.45) is 0 Å². The number of carbonyl (C=O) groups is 1. The molecule has 23 heavy (non-hydrogen) atoms. The lowest BCUT2D eigenvalue weighted by Crippen LogP contribution is -2.42. The molecule has 2 heterocycles. The topological polar surface area (TPSA) is 38.8 Å². The first kappa shape index (κ1) is 16.0. The van der Waals surface area contributed by atoms with E-state index in [9.17, 15) is 4.79 Å². The molecule has 1 aromatic carbocycles. The monoisotopic (exact) mass is 331 g/mol. The van der Waals surface area contributed by atoms with Crippen molar-refractivity contribution in [3.63, 3.8) is 0 Å². The van der Waals surface area contributed by atoms with E-state index in [-0.39, 0.29) is 12.0 Å². The van der Waals surface area contributed by atoms with Crippen molar-refractivity contribution >= 4 is 17.2 Å². The third-order valence-corrected chi connectivity index (χ3v) is 4.88. The summed E-state index contributed by atoms with van der Waals surface area (Å²) in [6.45, 7) is 2.03. The summed E-state index contributed by atoms with van der Waals surface area (Å²) >= 11 is 1.49. The molecule has 0 bridgehead atoms. The molecule has 0 unspecified atom stereocenters. The predicted octanol–water partition coefficient (Wildman–Crippen LogP) is 3.58. The van der Waals surface area contributed by atoms with Gasteiger partial charge in [0.1, 0.15) is 5.75 Å². The largest absolute Gasteiger partial charge is 0.497 e. The number of hydrogen-bond acceptors (Lipinski definition) is 4. The van der Waals surface area contributed by atoms with Crippen LogP contribution < -0.4 is 4.74 Å². The number of ether oxygens (including phenoxy) is 2. The highest BCUT2D eigenvalue weighted by atomic mass is 32.1. The Labute approximate surface area is 140 Å². The summed E-state index contributed by atoms with van der Waals surface area (Å²) in [6.07, 6.45) is 2.08. The first-order chi connectivity index (χ1) is 11.3. The fourth-order valence-electron chi connectivity index (χ4n) is 2.79. The third kappa shape index (κ3) is 4.12. The Balaban J connectivity index is 1.55. The Morgan fingerprint density at radius 2 is 2.26 bits per heavy atom. The van der Waals surface area contributed by atoms with Crippen LogP contribution in [0.1, 0.15) is 28.1 Å². The van der Waals surface area contributed by atoms with Gasteiger partial charge in [0.2, 0.25) is 0 Å². The molecule has 122 valence electrons. The van der Waals surface area contributed by atoms with E-state index in [4.69, 9.17) is 9.47 Å². The van der Waals surface area contributed by atoms with Crippen molar-refractivity contribution in [1.29, 1.82) is 0 Å². The maximum Gasteiger partial charge on any atom is 0.264 e. The summed E-state index contributed by atoms with van der Waals surface area (Å²) < 4.78 is 11.2. The normalized spacial score (nSPS) is 18.0. The number of hydrogen-bond donors (Lipinski definition) is 0. The molecule has 4 nitrogen and oxygen atoms in total. The molecule has 2 aromatic rings. The fraction of sp³-hybridized carbons (Fsp3) is 0.389. The molecule has 0 aliphatic carbocycles. The van der Waals surface area contributed by atoms with Crippen molar-refractivity contribution < 1.29 is 14.3 Å². The molecule has 1 fully saturated rings. The smallest absolute Gasteiger partial charge is 0.264 e. The lowest BCUT2D eigenvalue weighted by Gasteiger charge is -2.32. The van der Waals surface area contributed by atoms with Gasteiger partial charge in [-0.2, -0.15) is 0 Å². The highest BCUT2D eigenvalue weighted by Gasteiger charge is 2.25. The van der Waals surface area contributed by atoms with Gasteiger partial charge < -0.3 is 14.4 Å². The highest BCUT2D eigenvalue weighted by Crippen LogP contribution is 2.20. The van der Waals surface area contributed by atoms with E-state index in [1.165, 1.54) is 11.3 Å². The van der Waals surface area contributed by atoms with E-state index < -0.39 is 0 Å². The Hall–Kier alpha value is -1.85. The van der Waals surface area contributed by atoms with Gasteiger partial charge >= 0.3 is 0 Å². The zero-order valence-electron chi connectivity index (χ0n) is 13.2. The van der Waals surface area contributed by atoms with Crippen molar-refractivity contribution in [3.8, 4) is 5.75 Å². The minimum atomic E-state index is 0.0962. The first-order valence-electron chi connectivity index (χ1n) is 7.83. The zero-order chi connectivity index (χ0) is 16.1. The highest BCUT2D eigenvalue weighted by molar-refractivity contribution is 7.12. The molecular weight excluding hydrogens is 310 g/mol. The van der Waals surface area contributed by atoms with E-state index in [1.54, 1.807) is 7.11 Å². The molecule has 5 heteroatoms. The summed E-state index contributed by atoms with van der Waals surface area (Å²) in [7, 11) is 1.66. The van der Waals surface area contributed by atoms with Crippen molar-refractivity contribution in [2.45, 2.75) is 25.6 Å². The van der Waals surface area contributed by atoms with Gasteiger partial charge in [0.05, 0.1) is 24.7 Å². The number of rotatable bonds is 5. The van der Waals surface area contributed by atoms with Gasteiger partial charge in [0.25, 0.3) is 5.91 Å². The van der Waals surface area contributed by atoms with Crippen LogP contribution in [-0.4, -0.2) is 37.1 Å². The number of nitrogens with zero attached hydrogens (tertiary/aromatic N) is 1. The van der Waals surface area contributed by atoms with Crippen LogP contribution in [0.15, 0.2) is 41.8 Å². The van der Waals surface area contributed by atoms with E-state index in [2.05, 4.69) is 0 Å². The van der Waals surface area contributed by atoms with Crippen molar-refractivity contribution in [3.05, 3.63) is 52.2 Å². The van der Waals surface area contributed by atoms with E-state index in [0.29, 0.717) is 13.2 Å². The lowest BCUT2D eigenvalue weighted by atomic mass is 10.1. The number of methoxy groups -OCH3 is 1. The average molecular weight is 331 g/mol. The van der Waals surface area contributed by atoms with Gasteiger partial charge in [-0.05, 0) is 42.0 Å². The summed E-state index contributed by atoms with van der Waals surface area (Å²) in [4.78, 5) is 15.1. The van der Waals surface area contributed by atoms with Crippen molar-refractivity contribution in [1.82, 2.24) is 4.90 Å². The SMILES string of the molecule is COc1cccc(CO[C@H]2CCCN(C(=O)c3cccs3)C2)c1. The van der Waals surface area contributed by atoms with E-state index >= 15 is 0 Å². The minimum absolute atomic E-state index is 0.0962. The molecule has 0 spiro atoms. The number of benzene rings is 1. The van der Waals surface area contributed by atoms with Crippen LogP contribution >= 0.6 is 11.3 Å². The Morgan fingerprint density at radius 1 is 1.35 bits per heavy atom. The van der Waals surface area contributed by atoms with Gasteiger partial charge in [-0.1, -0.05) is 18.2 Å². The van der Waals surface area contributed by atoms with Crippen LogP contribution in [0.25, 0.3) is 0 Å². The molecule has 0 N–H and O–H groups in total. The molecule has 1 aromatic heterocycles. The molecular formula is C18H21NO3S. The fourth-order valence-corrected chi connectivity index (χ4v) is 3.48.